The molecule has 1 fully saturated rings. The lowest BCUT2D eigenvalue weighted by Gasteiger charge is -2.17. The molecule has 0 aliphatic carbocycles. The SMILES string of the molecule is CC(CN)CCC(=O)NC1CCN(Cc2ccccc2)C1. The molecular formula is C17H27N3O. The molecule has 1 aliphatic rings. The number of benzene rings is 1. The molecule has 0 spiro atoms. The van der Waals surface area contributed by atoms with E-state index in [1.165, 1.54) is 5.56 Å². The number of hydrogen-bond donors (Lipinski definition) is 2. The van der Waals surface area contributed by atoms with Crippen molar-refractivity contribution in [2.24, 2.45) is 11.7 Å². The summed E-state index contributed by atoms with van der Waals surface area (Å²) >= 11 is 0. The number of hydrogen-bond acceptors (Lipinski definition) is 3. The molecule has 1 heterocycles. The Bertz CT molecular complexity index is 435. The van der Waals surface area contributed by atoms with Gasteiger partial charge in [0.25, 0.3) is 0 Å². The maximum Gasteiger partial charge on any atom is 0.220 e. The highest BCUT2D eigenvalue weighted by Crippen LogP contribution is 2.14. The molecule has 0 saturated carbocycles. The van der Waals surface area contributed by atoms with Gasteiger partial charge < -0.3 is 11.1 Å². The van der Waals surface area contributed by atoms with Crippen LogP contribution in [0.5, 0.6) is 0 Å². The van der Waals surface area contributed by atoms with Crippen molar-refractivity contribution in [2.75, 3.05) is 19.6 Å². The summed E-state index contributed by atoms with van der Waals surface area (Å²) in [4.78, 5) is 14.3. The smallest absolute Gasteiger partial charge is 0.220 e. The first kappa shape index (κ1) is 16.0. The van der Waals surface area contributed by atoms with E-state index in [-0.39, 0.29) is 5.91 Å². The normalized spacial score (nSPS) is 20.4. The summed E-state index contributed by atoms with van der Waals surface area (Å²) in [5.41, 5.74) is 6.91. The second kappa shape index (κ2) is 8.15. The predicted octanol–water partition coefficient (Wildman–Crippen LogP) is 1.75. The fourth-order valence-corrected chi connectivity index (χ4v) is 2.73. The highest BCUT2D eigenvalue weighted by atomic mass is 16.1. The lowest BCUT2D eigenvalue weighted by Crippen LogP contribution is -2.37. The molecule has 4 heteroatoms. The van der Waals surface area contributed by atoms with Gasteiger partial charge in [-0.15, -0.1) is 0 Å². The van der Waals surface area contributed by atoms with Crippen LogP contribution in [0.25, 0.3) is 0 Å². The van der Waals surface area contributed by atoms with Crippen molar-refractivity contribution in [1.82, 2.24) is 10.2 Å². The Morgan fingerprint density at radius 3 is 2.90 bits per heavy atom. The highest BCUT2D eigenvalue weighted by Gasteiger charge is 2.23. The molecule has 4 nitrogen and oxygen atoms in total. The average Bonchev–Trinajstić information content (AvgIpc) is 2.92. The third-order valence-electron chi connectivity index (χ3n) is 4.15. The van der Waals surface area contributed by atoms with Crippen molar-refractivity contribution in [3.05, 3.63) is 35.9 Å². The Morgan fingerprint density at radius 1 is 1.43 bits per heavy atom. The molecule has 1 aromatic carbocycles. The van der Waals surface area contributed by atoms with Crippen molar-refractivity contribution in [1.29, 1.82) is 0 Å². The average molecular weight is 289 g/mol. The zero-order chi connectivity index (χ0) is 15.1. The minimum atomic E-state index is 0.168. The number of amides is 1. The second-order valence-electron chi connectivity index (χ2n) is 6.15. The maximum absolute atomic E-state index is 11.9. The fourth-order valence-electron chi connectivity index (χ4n) is 2.73. The Hall–Kier alpha value is -1.39. The first-order chi connectivity index (χ1) is 10.2. The van der Waals surface area contributed by atoms with Crippen LogP contribution in [-0.2, 0) is 11.3 Å². The molecule has 1 aromatic rings. The van der Waals surface area contributed by atoms with Gasteiger partial charge in [0.15, 0.2) is 0 Å². The number of nitrogens with two attached hydrogens (primary N) is 1. The van der Waals surface area contributed by atoms with Gasteiger partial charge in [0.1, 0.15) is 0 Å². The summed E-state index contributed by atoms with van der Waals surface area (Å²) in [6.45, 7) is 5.72. The number of likely N-dealkylation sites (tertiary alicyclic amines) is 1. The Morgan fingerprint density at radius 2 is 2.19 bits per heavy atom. The minimum Gasteiger partial charge on any atom is -0.352 e. The zero-order valence-electron chi connectivity index (χ0n) is 12.9. The summed E-state index contributed by atoms with van der Waals surface area (Å²) in [5, 5.41) is 3.15. The maximum atomic E-state index is 11.9. The van der Waals surface area contributed by atoms with Crippen molar-refractivity contribution in [3.63, 3.8) is 0 Å². The van der Waals surface area contributed by atoms with E-state index in [9.17, 15) is 4.79 Å². The molecule has 0 radical (unpaired) electrons. The van der Waals surface area contributed by atoms with E-state index in [1.54, 1.807) is 0 Å². The van der Waals surface area contributed by atoms with Gasteiger partial charge in [-0.2, -0.15) is 0 Å². The molecule has 21 heavy (non-hydrogen) atoms. The topological polar surface area (TPSA) is 58.4 Å². The highest BCUT2D eigenvalue weighted by molar-refractivity contribution is 5.76. The predicted molar refractivity (Wildman–Crippen MR) is 85.7 cm³/mol. The summed E-state index contributed by atoms with van der Waals surface area (Å²) in [6, 6.07) is 10.8. The van der Waals surface area contributed by atoms with Gasteiger partial charge in [0.05, 0.1) is 0 Å². The van der Waals surface area contributed by atoms with Crippen LogP contribution in [0, 0.1) is 5.92 Å². The Kier molecular flexibility index (Phi) is 6.21. The number of nitrogens with zero attached hydrogens (tertiary/aromatic N) is 1. The molecule has 0 bridgehead atoms. The van der Waals surface area contributed by atoms with E-state index in [2.05, 4.69) is 41.4 Å². The molecule has 1 amide bonds. The van der Waals surface area contributed by atoms with E-state index in [0.717, 1.165) is 32.5 Å². The molecule has 1 aliphatic heterocycles. The van der Waals surface area contributed by atoms with Gasteiger partial charge in [0.2, 0.25) is 5.91 Å². The number of nitrogens with one attached hydrogen (secondary N) is 1. The van der Waals surface area contributed by atoms with Gasteiger partial charge in [-0.25, -0.2) is 0 Å². The van der Waals surface area contributed by atoms with Crippen molar-refractivity contribution >= 4 is 5.91 Å². The van der Waals surface area contributed by atoms with Gasteiger partial charge >= 0.3 is 0 Å². The third-order valence-corrected chi connectivity index (χ3v) is 4.15. The van der Waals surface area contributed by atoms with E-state index in [1.807, 2.05) is 6.07 Å². The van der Waals surface area contributed by atoms with Crippen LogP contribution in [0.1, 0.15) is 31.7 Å². The zero-order valence-corrected chi connectivity index (χ0v) is 12.9. The van der Waals surface area contributed by atoms with Crippen molar-refractivity contribution < 1.29 is 4.79 Å². The lowest BCUT2D eigenvalue weighted by molar-refractivity contribution is -0.122. The number of rotatable bonds is 7. The summed E-state index contributed by atoms with van der Waals surface area (Å²) < 4.78 is 0. The summed E-state index contributed by atoms with van der Waals surface area (Å²) in [7, 11) is 0. The van der Waals surface area contributed by atoms with Crippen LogP contribution < -0.4 is 11.1 Å². The van der Waals surface area contributed by atoms with Crippen LogP contribution in [0.3, 0.4) is 0 Å². The van der Waals surface area contributed by atoms with E-state index >= 15 is 0 Å². The molecule has 2 unspecified atom stereocenters. The van der Waals surface area contributed by atoms with Crippen LogP contribution in [-0.4, -0.2) is 36.5 Å². The minimum absolute atomic E-state index is 0.168. The van der Waals surface area contributed by atoms with Crippen LogP contribution in [0.2, 0.25) is 0 Å². The Balaban J connectivity index is 1.69. The fraction of sp³-hybridized carbons (Fsp3) is 0.588. The van der Waals surface area contributed by atoms with Crippen LogP contribution >= 0.6 is 0 Å². The van der Waals surface area contributed by atoms with Gasteiger partial charge in [-0.05, 0) is 30.9 Å². The first-order valence-electron chi connectivity index (χ1n) is 7.93. The van der Waals surface area contributed by atoms with E-state index < -0.39 is 0 Å². The molecule has 1 saturated heterocycles. The third kappa shape index (κ3) is 5.48. The van der Waals surface area contributed by atoms with Gasteiger partial charge in [-0.1, -0.05) is 37.3 Å². The quantitative estimate of drug-likeness (QED) is 0.804. The van der Waals surface area contributed by atoms with E-state index in [0.29, 0.717) is 24.9 Å². The monoisotopic (exact) mass is 289 g/mol. The van der Waals surface area contributed by atoms with Crippen molar-refractivity contribution in [3.8, 4) is 0 Å². The number of carbonyl (C=O) groups excluding carboxylic acids is 1. The number of carbonyl (C=O) groups is 1. The molecule has 3 N–H and O–H groups in total. The molecule has 2 rings (SSSR count). The largest absolute Gasteiger partial charge is 0.352 e. The van der Waals surface area contributed by atoms with Crippen LogP contribution in [0.4, 0.5) is 0 Å². The molecular weight excluding hydrogens is 262 g/mol. The lowest BCUT2D eigenvalue weighted by atomic mass is 10.1. The Labute approximate surface area is 127 Å². The summed E-state index contributed by atoms with van der Waals surface area (Å²) in [5.74, 6) is 0.593. The van der Waals surface area contributed by atoms with Gasteiger partial charge in [-0.3, -0.25) is 9.69 Å². The summed E-state index contributed by atoms with van der Waals surface area (Å²) in [6.07, 6.45) is 2.52. The molecule has 2 atom stereocenters. The van der Waals surface area contributed by atoms with Crippen molar-refractivity contribution in [2.45, 2.75) is 38.8 Å². The molecule has 116 valence electrons. The van der Waals surface area contributed by atoms with E-state index in [4.69, 9.17) is 5.73 Å². The van der Waals surface area contributed by atoms with Gasteiger partial charge in [0, 0.05) is 32.1 Å². The second-order valence-corrected chi connectivity index (χ2v) is 6.15. The van der Waals surface area contributed by atoms with Crippen LogP contribution in [0.15, 0.2) is 30.3 Å². The standard InChI is InChI=1S/C17H27N3O/c1-14(11-18)7-8-17(21)19-16-9-10-20(13-16)12-15-5-3-2-4-6-15/h2-6,14,16H,7-13,18H2,1H3,(H,19,21). The molecule has 0 aromatic heterocycles. The first-order valence-corrected chi connectivity index (χ1v) is 7.93.